The number of rotatable bonds is 3. The highest BCUT2D eigenvalue weighted by molar-refractivity contribution is 7.12. The smallest absolute Gasteiger partial charge is 0.308 e. The van der Waals surface area contributed by atoms with Crippen LogP contribution in [0.25, 0.3) is 6.08 Å². The summed E-state index contributed by atoms with van der Waals surface area (Å²) in [4.78, 5) is 27.6. The van der Waals surface area contributed by atoms with E-state index in [-0.39, 0.29) is 17.8 Å². The van der Waals surface area contributed by atoms with Crippen molar-refractivity contribution < 1.29 is 14.3 Å². The number of amides is 1. The van der Waals surface area contributed by atoms with Gasteiger partial charge in [-0.1, -0.05) is 0 Å². The zero-order valence-corrected chi connectivity index (χ0v) is 12.6. The summed E-state index contributed by atoms with van der Waals surface area (Å²) >= 11 is 1.66. The first kappa shape index (κ1) is 14.8. The van der Waals surface area contributed by atoms with Gasteiger partial charge in [0.25, 0.3) is 0 Å². The van der Waals surface area contributed by atoms with E-state index in [4.69, 9.17) is 4.74 Å². The minimum atomic E-state index is -0.165. The third-order valence-electron chi connectivity index (χ3n) is 3.49. The molecule has 20 heavy (non-hydrogen) atoms. The number of ether oxygens (including phenoxy) is 1. The summed E-state index contributed by atoms with van der Waals surface area (Å²) in [6, 6.07) is 4.05. The second kappa shape index (κ2) is 6.70. The summed E-state index contributed by atoms with van der Waals surface area (Å²) < 4.78 is 4.74. The third-order valence-corrected chi connectivity index (χ3v) is 4.46. The number of hydrogen-bond acceptors (Lipinski definition) is 4. The van der Waals surface area contributed by atoms with Crippen LogP contribution in [-0.4, -0.2) is 37.0 Å². The maximum Gasteiger partial charge on any atom is 0.308 e. The third kappa shape index (κ3) is 3.70. The van der Waals surface area contributed by atoms with E-state index in [1.165, 1.54) is 12.0 Å². The Bertz CT molecular complexity index is 513. The Kier molecular flexibility index (Phi) is 4.95. The van der Waals surface area contributed by atoms with Crippen molar-refractivity contribution in [2.45, 2.75) is 19.8 Å². The van der Waals surface area contributed by atoms with Crippen LogP contribution >= 0.6 is 11.3 Å². The van der Waals surface area contributed by atoms with Crippen molar-refractivity contribution in [2.75, 3.05) is 20.2 Å². The zero-order valence-electron chi connectivity index (χ0n) is 11.8. The van der Waals surface area contributed by atoms with E-state index < -0.39 is 0 Å². The second-order valence-electron chi connectivity index (χ2n) is 4.90. The minimum absolute atomic E-state index is 0.0133. The van der Waals surface area contributed by atoms with Gasteiger partial charge in [-0.05, 0) is 38.0 Å². The quantitative estimate of drug-likeness (QED) is 0.635. The minimum Gasteiger partial charge on any atom is -0.469 e. The molecule has 0 bridgehead atoms. The first-order chi connectivity index (χ1) is 9.60. The van der Waals surface area contributed by atoms with Crippen molar-refractivity contribution in [2.24, 2.45) is 5.92 Å². The van der Waals surface area contributed by atoms with Gasteiger partial charge in [0.2, 0.25) is 5.91 Å². The van der Waals surface area contributed by atoms with Crippen molar-refractivity contribution in [3.8, 4) is 0 Å². The van der Waals surface area contributed by atoms with Crippen LogP contribution in [0.3, 0.4) is 0 Å². The van der Waals surface area contributed by atoms with Gasteiger partial charge in [0, 0.05) is 28.9 Å². The topological polar surface area (TPSA) is 46.6 Å². The summed E-state index contributed by atoms with van der Waals surface area (Å²) in [5, 5.41) is 0. The molecule has 0 aliphatic carbocycles. The van der Waals surface area contributed by atoms with E-state index >= 15 is 0 Å². The van der Waals surface area contributed by atoms with Gasteiger partial charge in [-0.2, -0.15) is 0 Å². The van der Waals surface area contributed by atoms with E-state index in [0.717, 1.165) is 4.88 Å². The van der Waals surface area contributed by atoms with Crippen LogP contribution in [0, 0.1) is 12.8 Å². The number of thiophene rings is 1. The number of hydrogen-bond donors (Lipinski definition) is 0. The predicted octanol–water partition coefficient (Wildman–Crippen LogP) is 2.48. The average Bonchev–Trinajstić information content (AvgIpc) is 2.89. The number of aryl methyl sites for hydroxylation is 1. The van der Waals surface area contributed by atoms with Crippen molar-refractivity contribution in [3.63, 3.8) is 0 Å². The predicted molar refractivity (Wildman–Crippen MR) is 79.4 cm³/mol. The fraction of sp³-hybridized carbons (Fsp3) is 0.467. The van der Waals surface area contributed by atoms with Gasteiger partial charge >= 0.3 is 5.97 Å². The molecular formula is C15H19NO3S. The molecular weight excluding hydrogens is 274 g/mol. The Morgan fingerprint density at radius 2 is 2.05 bits per heavy atom. The van der Waals surface area contributed by atoms with Crippen molar-refractivity contribution in [1.82, 2.24) is 4.90 Å². The molecule has 5 heteroatoms. The maximum atomic E-state index is 12.1. The van der Waals surface area contributed by atoms with E-state index in [9.17, 15) is 9.59 Å². The largest absolute Gasteiger partial charge is 0.469 e. The summed E-state index contributed by atoms with van der Waals surface area (Å²) in [5.41, 5.74) is 0. The van der Waals surface area contributed by atoms with E-state index in [1.54, 1.807) is 22.3 Å². The molecule has 0 saturated carbocycles. The Morgan fingerprint density at radius 1 is 1.35 bits per heavy atom. The number of nitrogens with zero attached hydrogens (tertiary/aromatic N) is 1. The van der Waals surface area contributed by atoms with Gasteiger partial charge in [-0.25, -0.2) is 0 Å². The highest BCUT2D eigenvalue weighted by atomic mass is 32.1. The van der Waals surface area contributed by atoms with Crippen LogP contribution in [0.15, 0.2) is 18.2 Å². The number of carbonyl (C=O) groups excluding carboxylic acids is 2. The summed E-state index contributed by atoms with van der Waals surface area (Å²) in [6.45, 7) is 3.28. The summed E-state index contributed by atoms with van der Waals surface area (Å²) in [6.07, 6.45) is 4.84. The molecule has 1 fully saturated rings. The molecule has 108 valence electrons. The molecule has 0 spiro atoms. The maximum absolute atomic E-state index is 12.1. The molecule has 0 aromatic carbocycles. The van der Waals surface area contributed by atoms with E-state index in [0.29, 0.717) is 25.9 Å². The van der Waals surface area contributed by atoms with Gasteiger partial charge in [-0.3, -0.25) is 9.59 Å². The monoisotopic (exact) mass is 293 g/mol. The van der Waals surface area contributed by atoms with Crippen LogP contribution < -0.4 is 0 Å². The molecule has 2 rings (SSSR count). The standard InChI is InChI=1S/C15H19NO3S/c1-11-3-4-13(20-11)5-6-14(17)16-9-7-12(8-10-16)15(18)19-2/h3-6,12H,7-10H2,1-2H3/b6-5+. The van der Waals surface area contributed by atoms with Gasteiger partial charge in [0.1, 0.15) is 0 Å². The van der Waals surface area contributed by atoms with Gasteiger partial charge in [0.05, 0.1) is 13.0 Å². The highest BCUT2D eigenvalue weighted by Crippen LogP contribution is 2.20. The number of methoxy groups -OCH3 is 1. The van der Waals surface area contributed by atoms with Crippen molar-refractivity contribution in [1.29, 1.82) is 0 Å². The molecule has 1 aliphatic heterocycles. The molecule has 4 nitrogen and oxygen atoms in total. The van der Waals surface area contributed by atoms with Crippen molar-refractivity contribution >= 4 is 29.3 Å². The highest BCUT2D eigenvalue weighted by Gasteiger charge is 2.26. The summed E-state index contributed by atoms with van der Waals surface area (Å²) in [5.74, 6) is -0.214. The molecule has 1 aliphatic rings. The molecule has 0 radical (unpaired) electrons. The van der Waals surface area contributed by atoms with Crippen LogP contribution in [0.1, 0.15) is 22.6 Å². The zero-order chi connectivity index (χ0) is 14.5. The lowest BCUT2D eigenvalue weighted by Gasteiger charge is -2.29. The van der Waals surface area contributed by atoms with Crippen molar-refractivity contribution in [3.05, 3.63) is 28.0 Å². The molecule has 0 atom stereocenters. The molecule has 1 saturated heterocycles. The number of likely N-dealkylation sites (tertiary alicyclic amines) is 1. The Labute approximate surface area is 123 Å². The van der Waals surface area contributed by atoms with E-state index in [2.05, 4.69) is 0 Å². The summed E-state index contributed by atoms with van der Waals surface area (Å²) in [7, 11) is 1.41. The first-order valence-corrected chi connectivity index (χ1v) is 7.53. The van der Waals surface area contributed by atoms with Gasteiger partial charge in [0.15, 0.2) is 0 Å². The molecule has 0 N–H and O–H groups in total. The second-order valence-corrected chi connectivity index (χ2v) is 6.22. The molecule has 0 unspecified atom stereocenters. The van der Waals surface area contributed by atoms with Crippen LogP contribution in [0.2, 0.25) is 0 Å². The molecule has 1 amide bonds. The number of esters is 1. The fourth-order valence-corrected chi connectivity index (χ4v) is 3.08. The Morgan fingerprint density at radius 3 is 2.60 bits per heavy atom. The van der Waals surface area contributed by atoms with Gasteiger partial charge in [-0.15, -0.1) is 11.3 Å². The van der Waals surface area contributed by atoms with E-state index in [1.807, 2.05) is 25.1 Å². The van der Waals surface area contributed by atoms with Gasteiger partial charge < -0.3 is 9.64 Å². The first-order valence-electron chi connectivity index (χ1n) is 6.71. The number of piperidine rings is 1. The van der Waals surface area contributed by atoms with Crippen LogP contribution in [-0.2, 0) is 14.3 Å². The molecule has 2 heterocycles. The lowest BCUT2D eigenvalue weighted by atomic mass is 9.97. The SMILES string of the molecule is COC(=O)C1CCN(C(=O)/C=C/c2ccc(C)s2)CC1. The average molecular weight is 293 g/mol. The molecule has 1 aromatic heterocycles. The Balaban J connectivity index is 1.86. The lowest BCUT2D eigenvalue weighted by molar-refractivity contribution is -0.148. The normalized spacial score (nSPS) is 16.6. The Hall–Kier alpha value is -1.62. The lowest BCUT2D eigenvalue weighted by Crippen LogP contribution is -2.39. The molecule has 1 aromatic rings. The van der Waals surface area contributed by atoms with Crippen LogP contribution in [0.4, 0.5) is 0 Å². The fourth-order valence-electron chi connectivity index (χ4n) is 2.30. The number of carbonyl (C=O) groups is 2. The van der Waals surface area contributed by atoms with Crippen LogP contribution in [0.5, 0.6) is 0 Å².